The highest BCUT2D eigenvalue weighted by molar-refractivity contribution is 7.99. The van der Waals surface area contributed by atoms with Crippen LogP contribution >= 0.6 is 11.8 Å². The molecule has 1 aliphatic rings. The van der Waals surface area contributed by atoms with Gasteiger partial charge in [-0.2, -0.15) is 0 Å². The third kappa shape index (κ3) is 4.38. The zero-order chi connectivity index (χ0) is 18.4. The molecule has 0 saturated carbocycles. The van der Waals surface area contributed by atoms with E-state index < -0.39 is 0 Å². The van der Waals surface area contributed by atoms with E-state index in [1.807, 2.05) is 33.7 Å². The van der Waals surface area contributed by atoms with Gasteiger partial charge in [0.25, 0.3) is 0 Å². The average molecular weight is 377 g/mol. The van der Waals surface area contributed by atoms with Gasteiger partial charge in [-0.15, -0.1) is 0 Å². The molecule has 0 atom stereocenters. The molecule has 3 rings (SSSR count). The molecule has 1 N–H and O–H groups in total. The van der Waals surface area contributed by atoms with Crippen LogP contribution in [0.4, 0.5) is 0 Å². The van der Waals surface area contributed by atoms with E-state index in [-0.39, 0.29) is 12.5 Å². The number of imidazole rings is 1. The molecule has 7 nitrogen and oxygen atoms in total. The maximum Gasteiger partial charge on any atom is 0.233 e. The van der Waals surface area contributed by atoms with Crippen LogP contribution in [-0.4, -0.2) is 64.6 Å². The predicted octanol–water partition coefficient (Wildman–Crippen LogP) is 1.38. The molecule has 8 heteroatoms. The number of ether oxygens (including phenoxy) is 2. The summed E-state index contributed by atoms with van der Waals surface area (Å²) in [5.41, 5.74) is 1.70. The summed E-state index contributed by atoms with van der Waals surface area (Å²) in [5, 5.41) is 10.3. The molecule has 1 fully saturated rings. The topological polar surface area (TPSA) is 76.8 Å². The minimum absolute atomic E-state index is 0.0793. The fraction of sp³-hybridized carbons (Fsp3) is 0.444. The number of morpholine rings is 1. The first-order valence-corrected chi connectivity index (χ1v) is 9.47. The zero-order valence-electron chi connectivity index (χ0n) is 14.8. The van der Waals surface area contributed by atoms with Gasteiger partial charge in [-0.3, -0.25) is 4.79 Å². The van der Waals surface area contributed by atoms with Crippen molar-refractivity contribution >= 4 is 17.7 Å². The van der Waals surface area contributed by atoms with Crippen LogP contribution in [0.5, 0.6) is 5.75 Å². The third-order valence-electron chi connectivity index (χ3n) is 4.27. The monoisotopic (exact) mass is 377 g/mol. The van der Waals surface area contributed by atoms with Gasteiger partial charge in [-0.1, -0.05) is 30.0 Å². The molecule has 1 aromatic carbocycles. The SMILES string of the molecule is COc1ccccc1Cn1c(CO)cnc1SCC(=O)N1CCOCC1. The predicted molar refractivity (Wildman–Crippen MR) is 98.4 cm³/mol. The summed E-state index contributed by atoms with van der Waals surface area (Å²) in [5.74, 6) is 1.18. The highest BCUT2D eigenvalue weighted by Crippen LogP contribution is 2.24. The molecule has 0 radical (unpaired) electrons. The van der Waals surface area contributed by atoms with Crippen molar-refractivity contribution in [1.82, 2.24) is 14.5 Å². The van der Waals surface area contributed by atoms with Crippen molar-refractivity contribution in [2.45, 2.75) is 18.3 Å². The van der Waals surface area contributed by atoms with Gasteiger partial charge >= 0.3 is 0 Å². The summed E-state index contributed by atoms with van der Waals surface area (Å²) < 4.78 is 12.6. The number of aliphatic hydroxyl groups excluding tert-OH is 1. The van der Waals surface area contributed by atoms with Gasteiger partial charge in [0.1, 0.15) is 5.75 Å². The number of hydrogen-bond acceptors (Lipinski definition) is 6. The third-order valence-corrected chi connectivity index (χ3v) is 5.25. The van der Waals surface area contributed by atoms with Crippen molar-refractivity contribution in [2.24, 2.45) is 0 Å². The highest BCUT2D eigenvalue weighted by atomic mass is 32.2. The first-order valence-electron chi connectivity index (χ1n) is 8.48. The first kappa shape index (κ1) is 18.8. The molecule has 0 aliphatic carbocycles. The van der Waals surface area contributed by atoms with Crippen molar-refractivity contribution in [3.05, 3.63) is 41.7 Å². The number of benzene rings is 1. The number of carbonyl (C=O) groups is 1. The fourth-order valence-electron chi connectivity index (χ4n) is 2.84. The van der Waals surface area contributed by atoms with Crippen molar-refractivity contribution in [2.75, 3.05) is 39.2 Å². The molecule has 1 saturated heterocycles. The van der Waals surface area contributed by atoms with Crippen molar-refractivity contribution < 1.29 is 19.4 Å². The molecule has 1 aliphatic heterocycles. The second kappa shape index (κ2) is 9.07. The van der Waals surface area contributed by atoms with Crippen LogP contribution in [0.15, 0.2) is 35.6 Å². The number of amides is 1. The maximum absolute atomic E-state index is 12.4. The van der Waals surface area contributed by atoms with Gasteiger partial charge in [0.05, 0.1) is 51.1 Å². The Balaban J connectivity index is 1.72. The van der Waals surface area contributed by atoms with Gasteiger partial charge in [0, 0.05) is 18.7 Å². The highest BCUT2D eigenvalue weighted by Gasteiger charge is 2.19. The van der Waals surface area contributed by atoms with Gasteiger partial charge in [-0.25, -0.2) is 4.98 Å². The van der Waals surface area contributed by atoms with Crippen LogP contribution in [0.25, 0.3) is 0 Å². The molecule has 0 unspecified atom stereocenters. The summed E-state index contributed by atoms with van der Waals surface area (Å²) in [6.45, 7) is 2.86. The molecule has 140 valence electrons. The second-order valence-corrected chi connectivity index (χ2v) is 6.81. The van der Waals surface area contributed by atoms with E-state index in [2.05, 4.69) is 4.98 Å². The number of methoxy groups -OCH3 is 1. The Kier molecular flexibility index (Phi) is 6.54. The lowest BCUT2D eigenvalue weighted by atomic mass is 10.2. The summed E-state index contributed by atoms with van der Waals surface area (Å²) in [4.78, 5) is 18.6. The van der Waals surface area contributed by atoms with Crippen LogP contribution in [0.2, 0.25) is 0 Å². The molecule has 1 amide bonds. The number of hydrogen-bond donors (Lipinski definition) is 1. The lowest BCUT2D eigenvalue weighted by molar-refractivity contribution is -0.132. The number of rotatable bonds is 7. The largest absolute Gasteiger partial charge is 0.496 e. The van der Waals surface area contributed by atoms with E-state index in [9.17, 15) is 9.90 Å². The fourth-order valence-corrected chi connectivity index (χ4v) is 3.74. The summed E-state index contributed by atoms with van der Waals surface area (Å²) >= 11 is 1.39. The Morgan fingerprint density at radius 1 is 1.35 bits per heavy atom. The molecule has 0 spiro atoms. The summed E-state index contributed by atoms with van der Waals surface area (Å²) in [6.07, 6.45) is 1.65. The van der Waals surface area contributed by atoms with E-state index in [1.54, 1.807) is 13.3 Å². The van der Waals surface area contributed by atoms with Crippen molar-refractivity contribution in [1.29, 1.82) is 0 Å². The van der Waals surface area contributed by atoms with Crippen molar-refractivity contribution in [3.8, 4) is 5.75 Å². The van der Waals surface area contributed by atoms with E-state index in [4.69, 9.17) is 9.47 Å². The molecule has 1 aromatic heterocycles. The quantitative estimate of drug-likeness (QED) is 0.735. The Hall–Kier alpha value is -2.03. The van der Waals surface area contributed by atoms with Crippen LogP contribution < -0.4 is 4.74 Å². The van der Waals surface area contributed by atoms with Crippen LogP contribution in [-0.2, 0) is 22.7 Å². The Morgan fingerprint density at radius 3 is 2.85 bits per heavy atom. The maximum atomic E-state index is 12.4. The molecular weight excluding hydrogens is 354 g/mol. The Bertz CT molecular complexity index is 744. The van der Waals surface area contributed by atoms with E-state index in [0.29, 0.717) is 49.5 Å². The Labute approximate surface area is 156 Å². The number of carbonyl (C=O) groups excluding carboxylic acids is 1. The number of thioether (sulfide) groups is 1. The molecule has 2 heterocycles. The number of nitrogens with zero attached hydrogens (tertiary/aromatic N) is 3. The standard InChI is InChI=1S/C18H23N3O4S/c1-24-16-5-3-2-4-14(16)11-21-15(12-22)10-19-18(21)26-13-17(23)20-6-8-25-9-7-20/h2-5,10,22H,6-9,11-13H2,1H3. The smallest absolute Gasteiger partial charge is 0.233 e. The van der Waals surface area contributed by atoms with E-state index in [0.717, 1.165) is 11.3 Å². The Morgan fingerprint density at radius 2 is 2.12 bits per heavy atom. The lowest BCUT2D eigenvalue weighted by Gasteiger charge is -2.26. The van der Waals surface area contributed by atoms with Crippen molar-refractivity contribution in [3.63, 3.8) is 0 Å². The van der Waals surface area contributed by atoms with Gasteiger partial charge in [0.15, 0.2) is 5.16 Å². The molecule has 2 aromatic rings. The van der Waals surface area contributed by atoms with Gasteiger partial charge < -0.3 is 24.0 Å². The number of aromatic nitrogens is 2. The number of aliphatic hydroxyl groups is 1. The van der Waals surface area contributed by atoms with Crippen LogP contribution in [0.1, 0.15) is 11.3 Å². The summed E-state index contributed by atoms with van der Waals surface area (Å²) in [6, 6.07) is 7.75. The van der Waals surface area contributed by atoms with Crippen LogP contribution in [0.3, 0.4) is 0 Å². The van der Waals surface area contributed by atoms with E-state index in [1.165, 1.54) is 11.8 Å². The minimum atomic E-state index is -0.111. The minimum Gasteiger partial charge on any atom is -0.496 e. The second-order valence-electron chi connectivity index (χ2n) is 5.87. The van der Waals surface area contributed by atoms with Crippen LogP contribution in [0, 0.1) is 0 Å². The zero-order valence-corrected chi connectivity index (χ0v) is 15.6. The number of para-hydroxylation sites is 1. The van der Waals surface area contributed by atoms with Gasteiger partial charge in [0.2, 0.25) is 5.91 Å². The average Bonchev–Trinajstić information content (AvgIpc) is 3.08. The first-order chi connectivity index (χ1) is 12.7. The summed E-state index contributed by atoms with van der Waals surface area (Å²) in [7, 11) is 1.64. The lowest BCUT2D eigenvalue weighted by Crippen LogP contribution is -2.41. The molecule has 0 bridgehead atoms. The normalized spacial score (nSPS) is 14.5. The van der Waals surface area contributed by atoms with E-state index >= 15 is 0 Å². The molecule has 26 heavy (non-hydrogen) atoms. The van der Waals surface area contributed by atoms with Gasteiger partial charge in [-0.05, 0) is 6.07 Å². The molecular formula is C18H23N3O4S.